The molecular weight excluding hydrogens is 186 g/mol. The van der Waals surface area contributed by atoms with Crippen LogP contribution < -0.4 is 5.32 Å². The van der Waals surface area contributed by atoms with Crippen LogP contribution in [0.2, 0.25) is 0 Å². The Morgan fingerprint density at radius 2 is 2.07 bits per heavy atom. The summed E-state index contributed by atoms with van der Waals surface area (Å²) in [6, 6.07) is 0.491. The zero-order valence-corrected chi connectivity index (χ0v) is 10.6. The molecule has 0 heterocycles. The number of rotatable bonds is 10. The van der Waals surface area contributed by atoms with E-state index in [0.717, 1.165) is 19.4 Å². The third-order valence-electron chi connectivity index (χ3n) is 2.70. The molecule has 0 aromatic heterocycles. The van der Waals surface area contributed by atoms with Gasteiger partial charge < -0.3 is 10.1 Å². The first-order valence-electron chi connectivity index (χ1n) is 6.19. The Morgan fingerprint density at radius 1 is 1.33 bits per heavy atom. The molecule has 0 aliphatic rings. The normalized spacial score (nSPS) is 14.9. The number of hydrogen-bond donors (Lipinski definition) is 1. The van der Waals surface area contributed by atoms with Crippen LogP contribution in [0.3, 0.4) is 0 Å². The third kappa shape index (κ3) is 6.69. The van der Waals surface area contributed by atoms with Crippen molar-refractivity contribution < 1.29 is 4.74 Å². The Hall–Kier alpha value is -0.340. The van der Waals surface area contributed by atoms with Crippen LogP contribution >= 0.6 is 0 Å². The average Bonchev–Trinajstić information content (AvgIpc) is 2.24. The minimum atomic E-state index is 0.370. The van der Waals surface area contributed by atoms with Crippen molar-refractivity contribution in [2.75, 3.05) is 13.7 Å². The van der Waals surface area contributed by atoms with Gasteiger partial charge in [0.05, 0.1) is 6.10 Å². The Kier molecular flexibility index (Phi) is 9.96. The molecule has 0 spiro atoms. The Labute approximate surface area is 95.1 Å². The second-order valence-electron chi connectivity index (χ2n) is 3.90. The molecule has 0 aliphatic heterocycles. The van der Waals surface area contributed by atoms with E-state index in [1.165, 1.54) is 19.3 Å². The molecule has 0 bridgehead atoms. The number of nitrogens with one attached hydrogen (secondary N) is 1. The van der Waals surface area contributed by atoms with E-state index in [0.29, 0.717) is 12.1 Å². The van der Waals surface area contributed by atoms with Gasteiger partial charge in [-0.15, -0.1) is 6.58 Å². The van der Waals surface area contributed by atoms with Crippen LogP contribution in [0.4, 0.5) is 0 Å². The van der Waals surface area contributed by atoms with Gasteiger partial charge in [-0.3, -0.25) is 0 Å². The molecule has 0 aliphatic carbocycles. The van der Waals surface area contributed by atoms with Crippen molar-refractivity contribution in [1.82, 2.24) is 5.32 Å². The fourth-order valence-corrected chi connectivity index (χ4v) is 1.90. The summed E-state index contributed by atoms with van der Waals surface area (Å²) < 4.78 is 5.78. The maximum Gasteiger partial charge on any atom is 0.0727 e. The van der Waals surface area contributed by atoms with Crippen molar-refractivity contribution in [3.8, 4) is 0 Å². The molecule has 1 N–H and O–H groups in total. The molecule has 15 heavy (non-hydrogen) atoms. The van der Waals surface area contributed by atoms with E-state index in [9.17, 15) is 0 Å². The molecule has 2 unspecified atom stereocenters. The first-order valence-corrected chi connectivity index (χ1v) is 6.19. The molecule has 0 saturated heterocycles. The molecule has 2 heteroatoms. The summed E-state index contributed by atoms with van der Waals surface area (Å²) in [5, 5.41) is 3.37. The predicted molar refractivity (Wildman–Crippen MR) is 67.2 cm³/mol. The van der Waals surface area contributed by atoms with Crippen molar-refractivity contribution in [2.45, 2.75) is 58.1 Å². The average molecular weight is 213 g/mol. The standard InChI is InChI=1S/C13H27NO/c1-5-8-9-11-12(14-4)13(10-6-2)15-7-3/h5,12-14H,1,6-11H2,2-4H3. The van der Waals surface area contributed by atoms with Crippen molar-refractivity contribution in [1.29, 1.82) is 0 Å². The van der Waals surface area contributed by atoms with Crippen LogP contribution in [0, 0.1) is 0 Å². The van der Waals surface area contributed by atoms with Gasteiger partial charge in [0.15, 0.2) is 0 Å². The fraction of sp³-hybridized carbons (Fsp3) is 0.846. The van der Waals surface area contributed by atoms with Crippen LogP contribution in [0.25, 0.3) is 0 Å². The van der Waals surface area contributed by atoms with Gasteiger partial charge in [0.1, 0.15) is 0 Å². The number of likely N-dealkylation sites (N-methyl/N-ethyl adjacent to an activating group) is 1. The Bertz CT molecular complexity index is 141. The molecule has 0 saturated carbocycles. The van der Waals surface area contributed by atoms with Crippen LogP contribution in [0.15, 0.2) is 12.7 Å². The van der Waals surface area contributed by atoms with Gasteiger partial charge >= 0.3 is 0 Å². The lowest BCUT2D eigenvalue weighted by molar-refractivity contribution is 0.0274. The number of unbranched alkanes of at least 4 members (excludes halogenated alkanes) is 1. The molecule has 0 amide bonds. The monoisotopic (exact) mass is 213 g/mol. The highest BCUT2D eigenvalue weighted by Crippen LogP contribution is 2.13. The van der Waals surface area contributed by atoms with E-state index in [1.54, 1.807) is 0 Å². The molecule has 90 valence electrons. The summed E-state index contributed by atoms with van der Waals surface area (Å²) in [6.07, 6.45) is 8.16. The van der Waals surface area contributed by atoms with E-state index in [4.69, 9.17) is 4.74 Å². The summed E-state index contributed by atoms with van der Waals surface area (Å²) in [7, 11) is 2.03. The van der Waals surface area contributed by atoms with Crippen molar-refractivity contribution in [2.24, 2.45) is 0 Å². The quantitative estimate of drug-likeness (QED) is 0.444. The largest absolute Gasteiger partial charge is 0.377 e. The zero-order chi connectivity index (χ0) is 11.5. The molecule has 0 aromatic rings. The van der Waals surface area contributed by atoms with Gasteiger partial charge in [0.25, 0.3) is 0 Å². The summed E-state index contributed by atoms with van der Waals surface area (Å²) in [5.41, 5.74) is 0. The van der Waals surface area contributed by atoms with Crippen LogP contribution in [-0.2, 0) is 4.74 Å². The van der Waals surface area contributed by atoms with E-state index in [2.05, 4.69) is 25.7 Å². The minimum Gasteiger partial charge on any atom is -0.377 e. The first kappa shape index (κ1) is 14.7. The van der Waals surface area contributed by atoms with Gasteiger partial charge in [-0.25, -0.2) is 0 Å². The van der Waals surface area contributed by atoms with Gasteiger partial charge in [-0.2, -0.15) is 0 Å². The van der Waals surface area contributed by atoms with Gasteiger partial charge in [0, 0.05) is 12.6 Å². The predicted octanol–water partition coefficient (Wildman–Crippen LogP) is 3.14. The first-order chi connectivity index (χ1) is 7.29. The SMILES string of the molecule is C=CCCCC(NC)C(CCC)OCC. The highest BCUT2D eigenvalue weighted by Gasteiger charge is 2.18. The number of ether oxygens (including phenoxy) is 1. The zero-order valence-electron chi connectivity index (χ0n) is 10.6. The van der Waals surface area contributed by atoms with E-state index in [-0.39, 0.29) is 0 Å². The lowest BCUT2D eigenvalue weighted by Crippen LogP contribution is -2.39. The molecule has 0 fully saturated rings. The molecule has 2 nitrogen and oxygen atoms in total. The second-order valence-corrected chi connectivity index (χ2v) is 3.90. The molecule has 0 radical (unpaired) electrons. The van der Waals surface area contributed by atoms with E-state index >= 15 is 0 Å². The highest BCUT2D eigenvalue weighted by molar-refractivity contribution is 4.77. The number of allylic oxidation sites excluding steroid dienone is 1. The lowest BCUT2D eigenvalue weighted by Gasteiger charge is -2.26. The molecule has 0 rings (SSSR count). The van der Waals surface area contributed by atoms with Gasteiger partial charge in [-0.1, -0.05) is 19.4 Å². The van der Waals surface area contributed by atoms with Crippen LogP contribution in [-0.4, -0.2) is 25.8 Å². The molecular formula is C13H27NO. The van der Waals surface area contributed by atoms with Crippen molar-refractivity contribution >= 4 is 0 Å². The van der Waals surface area contributed by atoms with Crippen molar-refractivity contribution in [3.63, 3.8) is 0 Å². The van der Waals surface area contributed by atoms with Crippen LogP contribution in [0.1, 0.15) is 46.0 Å². The number of hydrogen-bond acceptors (Lipinski definition) is 2. The second kappa shape index (κ2) is 10.2. The fourth-order valence-electron chi connectivity index (χ4n) is 1.90. The third-order valence-corrected chi connectivity index (χ3v) is 2.70. The van der Waals surface area contributed by atoms with Crippen LogP contribution in [0.5, 0.6) is 0 Å². The van der Waals surface area contributed by atoms with E-state index < -0.39 is 0 Å². The minimum absolute atomic E-state index is 0.370. The summed E-state index contributed by atoms with van der Waals surface area (Å²) in [4.78, 5) is 0. The topological polar surface area (TPSA) is 21.3 Å². The summed E-state index contributed by atoms with van der Waals surface area (Å²) in [6.45, 7) is 8.84. The van der Waals surface area contributed by atoms with E-state index in [1.807, 2.05) is 13.1 Å². The molecule has 0 aromatic carbocycles. The Balaban J connectivity index is 3.98. The highest BCUT2D eigenvalue weighted by atomic mass is 16.5. The van der Waals surface area contributed by atoms with Gasteiger partial charge in [-0.05, 0) is 39.7 Å². The van der Waals surface area contributed by atoms with Gasteiger partial charge in [0.2, 0.25) is 0 Å². The lowest BCUT2D eigenvalue weighted by atomic mass is 10.0. The smallest absolute Gasteiger partial charge is 0.0727 e. The maximum absolute atomic E-state index is 5.78. The molecule has 2 atom stereocenters. The summed E-state index contributed by atoms with van der Waals surface area (Å²) in [5.74, 6) is 0. The Morgan fingerprint density at radius 3 is 2.53 bits per heavy atom. The maximum atomic E-state index is 5.78. The van der Waals surface area contributed by atoms with Crippen molar-refractivity contribution in [3.05, 3.63) is 12.7 Å². The summed E-state index contributed by atoms with van der Waals surface area (Å²) >= 11 is 0.